The summed E-state index contributed by atoms with van der Waals surface area (Å²) in [5, 5.41) is 3.74. The van der Waals surface area contributed by atoms with E-state index in [0.29, 0.717) is 15.7 Å². The summed E-state index contributed by atoms with van der Waals surface area (Å²) >= 11 is 11.8. The average molecular weight is 374 g/mol. The molecular formula is C19H29Cl2NO2. The van der Waals surface area contributed by atoms with Gasteiger partial charge in [-0.3, -0.25) is 4.79 Å². The fraction of sp³-hybridized carbons (Fsp3) is 0.632. The van der Waals surface area contributed by atoms with Crippen LogP contribution in [0.5, 0.6) is 0 Å². The van der Waals surface area contributed by atoms with Gasteiger partial charge in [0.25, 0.3) is 5.91 Å². The minimum absolute atomic E-state index is 0.128. The van der Waals surface area contributed by atoms with Gasteiger partial charge >= 0.3 is 0 Å². The summed E-state index contributed by atoms with van der Waals surface area (Å²) in [6, 6.07) is 5.05. The van der Waals surface area contributed by atoms with Gasteiger partial charge in [0.15, 0.2) is 0 Å². The number of ether oxygens (including phenoxy) is 1. The molecule has 1 fully saturated rings. The lowest BCUT2D eigenvalue weighted by atomic mass is 9.85. The lowest BCUT2D eigenvalue weighted by molar-refractivity contribution is -0.126. The molecule has 0 spiro atoms. The van der Waals surface area contributed by atoms with Crippen LogP contribution in [0, 0.1) is 5.92 Å². The Morgan fingerprint density at radius 1 is 1.21 bits per heavy atom. The van der Waals surface area contributed by atoms with Crippen molar-refractivity contribution in [2.24, 2.45) is 5.92 Å². The van der Waals surface area contributed by atoms with Gasteiger partial charge in [0.1, 0.15) is 6.10 Å². The predicted molar refractivity (Wildman–Crippen MR) is 103 cm³/mol. The monoisotopic (exact) mass is 373 g/mol. The second kappa shape index (κ2) is 11.7. The predicted octanol–water partition coefficient (Wildman–Crippen LogP) is 6.33. The second-order valence-corrected chi connectivity index (χ2v) is 6.74. The maximum atomic E-state index is 12.3. The highest BCUT2D eigenvalue weighted by atomic mass is 35.5. The summed E-state index contributed by atoms with van der Waals surface area (Å²) in [7, 11) is 1.58. The van der Waals surface area contributed by atoms with E-state index >= 15 is 0 Å². The number of methoxy groups -OCH3 is 1. The normalized spacial score (nSPS) is 16.0. The number of hydrogen-bond donors (Lipinski definition) is 1. The molecule has 1 amide bonds. The first-order valence-electron chi connectivity index (χ1n) is 8.89. The van der Waals surface area contributed by atoms with Gasteiger partial charge in [-0.1, -0.05) is 69.2 Å². The smallest absolute Gasteiger partial charge is 0.253 e. The number of amides is 1. The third-order valence-electron chi connectivity index (χ3n) is 4.33. The largest absolute Gasteiger partial charge is 0.372 e. The summed E-state index contributed by atoms with van der Waals surface area (Å²) < 4.78 is 5.36. The highest BCUT2D eigenvalue weighted by Crippen LogP contribution is 2.28. The fourth-order valence-corrected chi connectivity index (χ4v) is 3.31. The van der Waals surface area contributed by atoms with Crippen LogP contribution in [0.15, 0.2) is 18.2 Å². The molecule has 1 aliphatic carbocycles. The first kappa shape index (κ1) is 21.3. The zero-order valence-electron chi connectivity index (χ0n) is 14.9. The van der Waals surface area contributed by atoms with Crippen molar-refractivity contribution in [2.75, 3.05) is 12.4 Å². The molecule has 1 atom stereocenters. The number of benzene rings is 1. The Morgan fingerprint density at radius 3 is 2.46 bits per heavy atom. The molecule has 1 aliphatic rings. The van der Waals surface area contributed by atoms with Crippen molar-refractivity contribution >= 4 is 34.8 Å². The quantitative estimate of drug-likeness (QED) is 0.631. The number of carbonyl (C=O) groups excluding carboxylic acids is 1. The van der Waals surface area contributed by atoms with Crippen molar-refractivity contribution in [1.29, 1.82) is 0 Å². The minimum Gasteiger partial charge on any atom is -0.372 e. The SMILES string of the molecule is CC.COC(CCC1CCCCC1)C(=O)Nc1ccc(Cl)c(Cl)c1. The van der Waals surface area contributed by atoms with Crippen molar-refractivity contribution in [3.63, 3.8) is 0 Å². The van der Waals surface area contributed by atoms with Crippen LogP contribution in [-0.4, -0.2) is 19.1 Å². The Bertz CT molecular complexity index is 502. The van der Waals surface area contributed by atoms with Crippen LogP contribution >= 0.6 is 23.2 Å². The van der Waals surface area contributed by atoms with E-state index in [-0.39, 0.29) is 5.91 Å². The van der Waals surface area contributed by atoms with Crippen molar-refractivity contribution < 1.29 is 9.53 Å². The Labute approximate surface area is 156 Å². The Balaban J connectivity index is 0.00000139. The molecular weight excluding hydrogens is 345 g/mol. The molecule has 0 radical (unpaired) electrons. The van der Waals surface area contributed by atoms with Crippen LogP contribution < -0.4 is 5.32 Å². The lowest BCUT2D eigenvalue weighted by Crippen LogP contribution is -2.30. The van der Waals surface area contributed by atoms with Gasteiger partial charge in [-0.05, 0) is 37.0 Å². The molecule has 0 saturated heterocycles. The number of carbonyl (C=O) groups is 1. The third-order valence-corrected chi connectivity index (χ3v) is 5.06. The molecule has 0 bridgehead atoms. The number of rotatable bonds is 6. The summed E-state index contributed by atoms with van der Waals surface area (Å²) in [5.41, 5.74) is 0.638. The topological polar surface area (TPSA) is 38.3 Å². The maximum absolute atomic E-state index is 12.3. The third kappa shape index (κ3) is 7.00. The molecule has 2 rings (SSSR count). The average Bonchev–Trinajstić information content (AvgIpc) is 2.61. The molecule has 1 N–H and O–H groups in total. The van der Waals surface area contributed by atoms with E-state index in [9.17, 15) is 4.79 Å². The molecule has 1 aromatic rings. The van der Waals surface area contributed by atoms with Crippen LogP contribution in [0.1, 0.15) is 58.8 Å². The highest BCUT2D eigenvalue weighted by molar-refractivity contribution is 6.42. The minimum atomic E-state index is -0.420. The molecule has 136 valence electrons. The number of hydrogen-bond acceptors (Lipinski definition) is 2. The Kier molecular flexibility index (Phi) is 10.4. The van der Waals surface area contributed by atoms with Gasteiger partial charge in [0, 0.05) is 12.8 Å². The maximum Gasteiger partial charge on any atom is 0.253 e. The first-order chi connectivity index (χ1) is 11.6. The van der Waals surface area contributed by atoms with E-state index in [1.165, 1.54) is 32.1 Å². The summed E-state index contributed by atoms with van der Waals surface area (Å²) in [6.45, 7) is 4.00. The van der Waals surface area contributed by atoms with E-state index in [4.69, 9.17) is 27.9 Å². The Morgan fingerprint density at radius 2 is 1.88 bits per heavy atom. The molecule has 1 saturated carbocycles. The number of nitrogens with one attached hydrogen (secondary N) is 1. The highest BCUT2D eigenvalue weighted by Gasteiger charge is 2.21. The van der Waals surface area contributed by atoms with Gasteiger partial charge < -0.3 is 10.1 Å². The molecule has 3 nitrogen and oxygen atoms in total. The van der Waals surface area contributed by atoms with Crippen LogP contribution in [0.2, 0.25) is 10.0 Å². The van der Waals surface area contributed by atoms with Crippen molar-refractivity contribution in [2.45, 2.75) is 64.9 Å². The van der Waals surface area contributed by atoms with E-state index in [1.54, 1.807) is 25.3 Å². The van der Waals surface area contributed by atoms with Crippen LogP contribution in [0.4, 0.5) is 5.69 Å². The van der Waals surface area contributed by atoms with Gasteiger partial charge in [0.2, 0.25) is 0 Å². The molecule has 5 heteroatoms. The van der Waals surface area contributed by atoms with Crippen LogP contribution in [-0.2, 0) is 9.53 Å². The van der Waals surface area contributed by atoms with E-state index in [1.807, 2.05) is 13.8 Å². The van der Waals surface area contributed by atoms with Gasteiger partial charge in [-0.15, -0.1) is 0 Å². The van der Waals surface area contributed by atoms with Crippen LogP contribution in [0.3, 0.4) is 0 Å². The molecule has 24 heavy (non-hydrogen) atoms. The van der Waals surface area contributed by atoms with E-state index in [0.717, 1.165) is 18.8 Å². The molecule has 1 aromatic carbocycles. The zero-order valence-corrected chi connectivity index (χ0v) is 16.4. The molecule has 0 heterocycles. The fourth-order valence-electron chi connectivity index (χ4n) is 3.02. The van der Waals surface area contributed by atoms with Crippen molar-refractivity contribution in [1.82, 2.24) is 0 Å². The first-order valence-corrected chi connectivity index (χ1v) is 9.64. The molecule has 1 unspecified atom stereocenters. The standard InChI is InChI=1S/C17H23Cl2NO2.C2H6/c1-22-16(10-7-12-5-3-2-4-6-12)17(21)20-13-8-9-14(18)15(19)11-13;1-2/h8-9,11-12,16H,2-7,10H2,1H3,(H,20,21);1-2H3. The lowest BCUT2D eigenvalue weighted by Gasteiger charge is -2.23. The van der Waals surface area contributed by atoms with Crippen LogP contribution in [0.25, 0.3) is 0 Å². The molecule has 0 aromatic heterocycles. The summed E-state index contributed by atoms with van der Waals surface area (Å²) in [6.07, 6.45) is 7.94. The summed E-state index contributed by atoms with van der Waals surface area (Å²) in [4.78, 5) is 12.3. The summed E-state index contributed by atoms with van der Waals surface area (Å²) in [5.74, 6) is 0.612. The molecule has 0 aliphatic heterocycles. The van der Waals surface area contributed by atoms with E-state index in [2.05, 4.69) is 5.32 Å². The van der Waals surface area contributed by atoms with Gasteiger partial charge in [-0.25, -0.2) is 0 Å². The second-order valence-electron chi connectivity index (χ2n) is 5.92. The van der Waals surface area contributed by atoms with Gasteiger partial charge in [-0.2, -0.15) is 0 Å². The number of anilines is 1. The zero-order chi connectivity index (χ0) is 17.9. The van der Waals surface area contributed by atoms with Gasteiger partial charge in [0.05, 0.1) is 10.0 Å². The van der Waals surface area contributed by atoms with E-state index < -0.39 is 6.10 Å². The van der Waals surface area contributed by atoms with Crippen molar-refractivity contribution in [3.05, 3.63) is 28.2 Å². The van der Waals surface area contributed by atoms with Crippen molar-refractivity contribution in [3.8, 4) is 0 Å². The number of halogens is 2. The Hall–Kier alpha value is -0.770.